The second-order valence-electron chi connectivity index (χ2n) is 12.4. The number of nitrogens with zero attached hydrogens (tertiary/aromatic N) is 1. The molecule has 10 nitrogen and oxygen atoms in total. The molecule has 7 N–H and O–H groups in total. The summed E-state index contributed by atoms with van der Waals surface area (Å²) < 4.78 is 13.5. The summed E-state index contributed by atoms with van der Waals surface area (Å²) in [7, 11) is 3.12. The van der Waals surface area contributed by atoms with Gasteiger partial charge in [-0.2, -0.15) is 0 Å². The van der Waals surface area contributed by atoms with Crippen molar-refractivity contribution < 1.29 is 39.2 Å². The molecule has 0 heterocycles. The summed E-state index contributed by atoms with van der Waals surface area (Å²) in [6.45, 7) is 1.03. The summed E-state index contributed by atoms with van der Waals surface area (Å²) in [5.74, 6) is -7.16. The van der Waals surface area contributed by atoms with Crippen molar-refractivity contribution in [2.75, 3.05) is 14.1 Å². The molecule has 0 radical (unpaired) electrons. The molecule has 0 bridgehead atoms. The Morgan fingerprint density at radius 1 is 1.02 bits per heavy atom. The van der Waals surface area contributed by atoms with E-state index in [1.54, 1.807) is 26.2 Å². The number of aliphatic hydroxyl groups excluding tert-OH is 2. The fraction of sp³-hybridized carbons (Fsp3) is 0.286. The first kappa shape index (κ1) is 31.2. The van der Waals surface area contributed by atoms with Gasteiger partial charge in [0, 0.05) is 24.6 Å². The second-order valence-corrected chi connectivity index (χ2v) is 12.4. The van der Waals surface area contributed by atoms with E-state index in [0.717, 1.165) is 16.7 Å². The Balaban J connectivity index is 1.35. The molecule has 3 aromatic carbocycles. The van der Waals surface area contributed by atoms with Crippen LogP contribution in [0.1, 0.15) is 28.7 Å². The number of halogens is 1. The van der Waals surface area contributed by atoms with Crippen molar-refractivity contribution in [3.8, 4) is 16.9 Å². The number of carbonyl (C=O) groups excluding carboxylic acids is 3. The zero-order valence-corrected chi connectivity index (χ0v) is 25.3. The lowest BCUT2D eigenvalue weighted by Crippen LogP contribution is -2.65. The first-order valence-electron chi connectivity index (χ1n) is 14.9. The van der Waals surface area contributed by atoms with Gasteiger partial charge in [-0.15, -0.1) is 0 Å². The monoisotopic (exact) mass is 627 g/mol. The van der Waals surface area contributed by atoms with Crippen molar-refractivity contribution in [2.24, 2.45) is 17.6 Å². The number of rotatable bonds is 7. The highest BCUT2D eigenvalue weighted by molar-refractivity contribution is 6.24. The van der Waals surface area contributed by atoms with E-state index in [-0.39, 0.29) is 35.5 Å². The van der Waals surface area contributed by atoms with Crippen LogP contribution in [0.25, 0.3) is 16.9 Å². The maximum absolute atomic E-state index is 14.0. The van der Waals surface area contributed by atoms with E-state index >= 15 is 0 Å². The number of benzene rings is 3. The molecule has 4 atom stereocenters. The Morgan fingerprint density at radius 3 is 2.37 bits per heavy atom. The number of phenolic OH excluding ortho intramolecular Hbond substituents is 1. The van der Waals surface area contributed by atoms with Gasteiger partial charge in [-0.1, -0.05) is 42.5 Å². The third kappa shape index (κ3) is 4.87. The van der Waals surface area contributed by atoms with Crippen molar-refractivity contribution in [1.29, 1.82) is 0 Å². The molecule has 3 aliphatic rings. The number of Topliss-reactive ketones (excluding diaryl/α,β-unsaturated/α-hetero) is 2. The average Bonchev–Trinajstić information content (AvgIpc) is 2.99. The van der Waals surface area contributed by atoms with Crippen LogP contribution in [0.15, 0.2) is 77.6 Å². The van der Waals surface area contributed by atoms with Gasteiger partial charge in [-0.3, -0.25) is 19.3 Å². The Kier molecular flexibility index (Phi) is 7.79. The molecule has 0 spiro atoms. The number of fused-ring (bicyclic) bond motifs is 3. The summed E-state index contributed by atoms with van der Waals surface area (Å²) >= 11 is 0. The van der Waals surface area contributed by atoms with Gasteiger partial charge in [0.05, 0.1) is 11.6 Å². The van der Waals surface area contributed by atoms with Crippen LogP contribution in [0.5, 0.6) is 5.75 Å². The Labute approximate surface area is 264 Å². The van der Waals surface area contributed by atoms with Gasteiger partial charge in [0.25, 0.3) is 5.91 Å². The number of ketones is 2. The van der Waals surface area contributed by atoms with Crippen LogP contribution in [-0.4, -0.2) is 68.5 Å². The number of amides is 1. The zero-order chi connectivity index (χ0) is 33.1. The number of aliphatic hydroxyl groups is 3. The molecule has 1 fully saturated rings. The fourth-order valence-corrected chi connectivity index (χ4v) is 7.31. The van der Waals surface area contributed by atoms with Crippen LogP contribution in [0.3, 0.4) is 0 Å². The van der Waals surface area contributed by atoms with Crippen molar-refractivity contribution in [1.82, 2.24) is 10.2 Å². The van der Waals surface area contributed by atoms with E-state index in [1.165, 1.54) is 23.1 Å². The lowest BCUT2D eigenvalue weighted by Gasteiger charge is -2.50. The third-order valence-electron chi connectivity index (χ3n) is 9.42. The van der Waals surface area contributed by atoms with E-state index in [9.17, 15) is 39.2 Å². The van der Waals surface area contributed by atoms with Crippen LogP contribution in [0, 0.1) is 17.7 Å². The third-order valence-corrected chi connectivity index (χ3v) is 9.42. The Morgan fingerprint density at radius 2 is 1.72 bits per heavy atom. The number of hydrogen-bond donors (Lipinski definition) is 6. The second kappa shape index (κ2) is 11.5. The highest BCUT2D eigenvalue weighted by Gasteiger charge is 2.64. The van der Waals surface area contributed by atoms with E-state index in [0.29, 0.717) is 24.2 Å². The predicted octanol–water partition coefficient (Wildman–Crippen LogP) is 3.06. The molecule has 3 aliphatic carbocycles. The zero-order valence-electron chi connectivity index (χ0n) is 25.3. The first-order valence-corrected chi connectivity index (χ1v) is 14.9. The topological polar surface area (TPSA) is 173 Å². The Hall–Kier alpha value is -4.84. The molecular formula is C35H34FN3O7. The molecule has 46 heavy (non-hydrogen) atoms. The summed E-state index contributed by atoms with van der Waals surface area (Å²) in [6, 6.07) is 16.0. The smallest absolute Gasteiger partial charge is 0.255 e. The van der Waals surface area contributed by atoms with Gasteiger partial charge in [0.1, 0.15) is 28.7 Å². The molecule has 0 unspecified atom stereocenters. The summed E-state index contributed by atoms with van der Waals surface area (Å²) in [6.07, 6.45) is 0.200. The minimum absolute atomic E-state index is 0.0107. The summed E-state index contributed by atoms with van der Waals surface area (Å²) in [5, 5.41) is 48.4. The molecule has 1 amide bonds. The van der Waals surface area contributed by atoms with Gasteiger partial charge in [-0.25, -0.2) is 4.39 Å². The van der Waals surface area contributed by atoms with E-state index in [1.807, 2.05) is 30.3 Å². The molecule has 238 valence electrons. The lowest BCUT2D eigenvalue weighted by atomic mass is 9.57. The quantitative estimate of drug-likeness (QED) is 0.215. The predicted molar refractivity (Wildman–Crippen MR) is 167 cm³/mol. The van der Waals surface area contributed by atoms with Crippen molar-refractivity contribution in [3.05, 3.63) is 106 Å². The highest BCUT2D eigenvalue weighted by atomic mass is 19.1. The maximum atomic E-state index is 14.0. The van der Waals surface area contributed by atoms with Gasteiger partial charge < -0.3 is 31.5 Å². The average molecular weight is 628 g/mol. The molecule has 1 saturated carbocycles. The SMILES string of the molecule is CN(C)[C@H]1C(=O)C(C(N)=O)=C(O)[C@]2(O)C(=O)C3=C(O)c4c(O)ccc(-c5ccc(CNCc6cccc(F)c6)cc5)c4C[C@@H]3C[C@H]12. The molecule has 6 rings (SSSR count). The molecule has 0 aromatic heterocycles. The fourth-order valence-electron chi connectivity index (χ4n) is 7.31. The number of primary amides is 1. The van der Waals surface area contributed by atoms with Gasteiger partial charge in [-0.05, 0) is 78.9 Å². The molecule has 3 aromatic rings. The normalized spacial score (nSPS) is 24.2. The van der Waals surface area contributed by atoms with Gasteiger partial charge in [0.15, 0.2) is 11.4 Å². The van der Waals surface area contributed by atoms with E-state index < -0.39 is 58.0 Å². The van der Waals surface area contributed by atoms with Crippen molar-refractivity contribution in [3.63, 3.8) is 0 Å². The number of nitrogens with one attached hydrogen (secondary N) is 1. The minimum Gasteiger partial charge on any atom is -0.508 e. The molecule has 11 heteroatoms. The number of phenols is 1. The largest absolute Gasteiger partial charge is 0.508 e. The van der Waals surface area contributed by atoms with Gasteiger partial charge >= 0.3 is 0 Å². The Bertz CT molecular complexity index is 1850. The lowest BCUT2D eigenvalue weighted by molar-refractivity contribution is -0.153. The first-order chi connectivity index (χ1) is 21.8. The standard InChI is InChI=1S/C35H34FN3O7/c1-39(2)29-24-14-20-13-23-22(19-8-6-17(7-9-19)15-38-16-18-4-3-5-21(36)12-18)10-11-25(40)27(23)30(41)26(20)32(43)35(24,46)33(44)28(31(29)42)34(37)45/h3-12,20,24,29,38,40-41,44,46H,13-16H2,1-2H3,(H2,37,45)/t20-,24-,29-,35-/m1/s1. The van der Waals surface area contributed by atoms with Crippen LogP contribution >= 0.6 is 0 Å². The van der Waals surface area contributed by atoms with Gasteiger partial charge in [0.2, 0.25) is 5.78 Å². The number of likely N-dealkylation sites (N-methyl/N-ethyl adjacent to an activating group) is 1. The number of hydrogen-bond acceptors (Lipinski definition) is 9. The molecule has 0 aliphatic heterocycles. The summed E-state index contributed by atoms with van der Waals surface area (Å²) in [4.78, 5) is 41.0. The molecule has 0 saturated heterocycles. The maximum Gasteiger partial charge on any atom is 0.255 e. The van der Waals surface area contributed by atoms with Crippen LogP contribution in [0.2, 0.25) is 0 Å². The number of nitrogens with two attached hydrogens (primary N) is 1. The van der Waals surface area contributed by atoms with E-state index in [2.05, 4.69) is 5.32 Å². The van der Waals surface area contributed by atoms with Crippen LogP contribution in [-0.2, 0) is 33.9 Å². The van der Waals surface area contributed by atoms with E-state index in [4.69, 9.17) is 5.73 Å². The molecular weight excluding hydrogens is 593 g/mol. The minimum atomic E-state index is -2.68. The van der Waals surface area contributed by atoms with Crippen LogP contribution < -0.4 is 11.1 Å². The van der Waals surface area contributed by atoms with Crippen LogP contribution in [0.4, 0.5) is 4.39 Å². The highest BCUT2D eigenvalue weighted by Crippen LogP contribution is 2.53. The summed E-state index contributed by atoms with van der Waals surface area (Å²) in [5.41, 5.74) is 5.60. The van der Waals surface area contributed by atoms with Crippen molar-refractivity contribution >= 4 is 23.2 Å². The number of aromatic hydroxyl groups is 1. The van der Waals surface area contributed by atoms with Crippen molar-refractivity contribution in [2.45, 2.75) is 37.6 Å². The number of carbonyl (C=O) groups is 3.